The molecule has 1 aliphatic heterocycles. The molecule has 1 saturated heterocycles. The molecule has 0 aromatic heterocycles. The smallest absolute Gasteiger partial charge is 0.0368 e. The average Bonchev–Trinajstić information content (AvgIpc) is 2.79. The highest BCUT2D eigenvalue weighted by atomic mass is 15.2. The first kappa shape index (κ1) is 12.4. The van der Waals surface area contributed by atoms with Gasteiger partial charge in [-0.15, -0.1) is 0 Å². The van der Waals surface area contributed by atoms with Gasteiger partial charge >= 0.3 is 0 Å². The summed E-state index contributed by atoms with van der Waals surface area (Å²) in [4.78, 5) is 2.57. The molecule has 1 atom stereocenters. The van der Waals surface area contributed by atoms with Gasteiger partial charge in [0.2, 0.25) is 0 Å². The minimum atomic E-state index is 0.718. The van der Waals surface area contributed by atoms with Crippen LogP contribution in [0.5, 0.6) is 0 Å². The van der Waals surface area contributed by atoms with Crippen LogP contribution < -0.4 is 10.6 Å². The maximum Gasteiger partial charge on any atom is 0.0368 e. The van der Waals surface area contributed by atoms with Crippen LogP contribution in [0.25, 0.3) is 0 Å². The molecule has 0 aliphatic carbocycles. The van der Waals surface area contributed by atoms with Gasteiger partial charge in [-0.05, 0) is 49.4 Å². The molecule has 1 unspecified atom stereocenters. The van der Waals surface area contributed by atoms with Crippen LogP contribution in [0.3, 0.4) is 0 Å². The number of nitrogens with two attached hydrogens (primary N) is 1. The molecule has 2 rings (SSSR count). The summed E-state index contributed by atoms with van der Waals surface area (Å²) in [6.45, 7) is 6.59. The summed E-state index contributed by atoms with van der Waals surface area (Å²) in [5.41, 5.74) is 8.29. The van der Waals surface area contributed by atoms with E-state index in [0.29, 0.717) is 0 Å². The van der Waals surface area contributed by atoms with Gasteiger partial charge in [0.05, 0.1) is 0 Å². The molecule has 2 heteroatoms. The topological polar surface area (TPSA) is 29.3 Å². The van der Waals surface area contributed by atoms with Gasteiger partial charge in [-0.2, -0.15) is 0 Å². The molecule has 1 aliphatic rings. The third-order valence-electron chi connectivity index (χ3n) is 3.77. The van der Waals surface area contributed by atoms with E-state index in [0.717, 1.165) is 24.9 Å². The summed E-state index contributed by atoms with van der Waals surface area (Å²) in [6, 6.07) is 9.67. The molecule has 2 nitrogen and oxygen atoms in total. The van der Waals surface area contributed by atoms with Gasteiger partial charge in [0, 0.05) is 18.3 Å². The molecule has 1 aromatic rings. The van der Waals surface area contributed by atoms with Gasteiger partial charge < -0.3 is 10.6 Å². The third-order valence-corrected chi connectivity index (χ3v) is 3.77. The normalized spacial score (nSPS) is 20.2. The molecular formula is C15H24N2. The quantitative estimate of drug-likeness (QED) is 0.865. The Morgan fingerprint density at radius 3 is 2.59 bits per heavy atom. The fourth-order valence-electron chi connectivity index (χ4n) is 2.83. The highest BCUT2D eigenvalue weighted by Gasteiger charge is 2.26. The Hall–Kier alpha value is -1.02. The van der Waals surface area contributed by atoms with Gasteiger partial charge in [0.1, 0.15) is 0 Å². The summed E-state index contributed by atoms with van der Waals surface area (Å²) >= 11 is 0. The van der Waals surface area contributed by atoms with Crippen molar-refractivity contribution in [3.8, 4) is 0 Å². The minimum Gasteiger partial charge on any atom is -0.368 e. The van der Waals surface area contributed by atoms with Gasteiger partial charge in [0.15, 0.2) is 0 Å². The van der Waals surface area contributed by atoms with Gasteiger partial charge in [-0.1, -0.05) is 26.0 Å². The average molecular weight is 232 g/mol. The lowest BCUT2D eigenvalue weighted by Gasteiger charge is -2.29. The number of hydrogen-bond donors (Lipinski definition) is 1. The zero-order chi connectivity index (χ0) is 12.3. The monoisotopic (exact) mass is 232 g/mol. The molecular weight excluding hydrogens is 208 g/mol. The molecule has 0 amide bonds. The lowest BCUT2D eigenvalue weighted by molar-refractivity contribution is 0.492. The Balaban J connectivity index is 2.11. The lowest BCUT2D eigenvalue weighted by atomic mass is 10.0. The summed E-state index contributed by atoms with van der Waals surface area (Å²) in [7, 11) is 0. The third kappa shape index (κ3) is 2.81. The molecule has 1 fully saturated rings. The van der Waals surface area contributed by atoms with Crippen LogP contribution in [0, 0.1) is 5.92 Å². The number of hydrogen-bond acceptors (Lipinski definition) is 2. The predicted molar refractivity (Wildman–Crippen MR) is 74.4 cm³/mol. The van der Waals surface area contributed by atoms with Crippen molar-refractivity contribution in [3.05, 3.63) is 29.8 Å². The first-order chi connectivity index (χ1) is 8.22. The van der Waals surface area contributed by atoms with Crippen molar-refractivity contribution in [1.82, 2.24) is 0 Å². The Morgan fingerprint density at radius 1 is 1.29 bits per heavy atom. The fourth-order valence-corrected chi connectivity index (χ4v) is 2.83. The zero-order valence-corrected chi connectivity index (χ0v) is 11.0. The molecule has 1 heterocycles. The Bertz CT molecular complexity index is 342. The molecule has 17 heavy (non-hydrogen) atoms. The molecule has 0 saturated carbocycles. The second kappa shape index (κ2) is 5.54. The summed E-state index contributed by atoms with van der Waals surface area (Å²) in [6.07, 6.45) is 3.64. The number of nitrogens with zero attached hydrogens (tertiary/aromatic N) is 1. The molecule has 0 bridgehead atoms. The van der Waals surface area contributed by atoms with Gasteiger partial charge in [0.25, 0.3) is 0 Å². The lowest BCUT2D eigenvalue weighted by Crippen LogP contribution is -2.33. The summed E-state index contributed by atoms with van der Waals surface area (Å²) in [5.74, 6) is 0.737. The van der Waals surface area contributed by atoms with E-state index in [2.05, 4.69) is 43.0 Å². The second-order valence-corrected chi connectivity index (χ2v) is 5.35. The second-order valence-electron chi connectivity index (χ2n) is 5.35. The molecule has 0 spiro atoms. The number of rotatable bonds is 4. The van der Waals surface area contributed by atoms with Crippen molar-refractivity contribution in [2.75, 3.05) is 18.0 Å². The van der Waals surface area contributed by atoms with Crippen molar-refractivity contribution < 1.29 is 0 Å². The van der Waals surface area contributed by atoms with Crippen LogP contribution in [-0.4, -0.2) is 19.1 Å². The summed E-state index contributed by atoms with van der Waals surface area (Å²) in [5, 5.41) is 0. The van der Waals surface area contributed by atoms with Crippen LogP contribution >= 0.6 is 0 Å². The standard InChI is InChI=1S/C15H24N2/c1-12(2)15-4-3-11-17(15)14-7-5-13(6-8-14)9-10-16/h5-8,12,15H,3-4,9-11,16H2,1-2H3. The van der Waals surface area contributed by atoms with Crippen LogP contribution in [0.4, 0.5) is 5.69 Å². The van der Waals surface area contributed by atoms with E-state index < -0.39 is 0 Å². The van der Waals surface area contributed by atoms with Crippen molar-refractivity contribution in [1.29, 1.82) is 0 Å². The summed E-state index contributed by atoms with van der Waals surface area (Å²) < 4.78 is 0. The Morgan fingerprint density at radius 2 is 2.00 bits per heavy atom. The molecule has 94 valence electrons. The number of anilines is 1. The van der Waals surface area contributed by atoms with Crippen molar-refractivity contribution in [2.45, 2.75) is 39.2 Å². The Labute approximate surface area is 105 Å². The first-order valence-corrected chi connectivity index (χ1v) is 6.78. The van der Waals surface area contributed by atoms with E-state index in [1.54, 1.807) is 0 Å². The van der Waals surface area contributed by atoms with Gasteiger partial charge in [-0.25, -0.2) is 0 Å². The van der Waals surface area contributed by atoms with Gasteiger partial charge in [-0.3, -0.25) is 0 Å². The van der Waals surface area contributed by atoms with E-state index in [1.807, 2.05) is 0 Å². The predicted octanol–water partition coefficient (Wildman–Crippen LogP) is 2.81. The first-order valence-electron chi connectivity index (χ1n) is 6.78. The molecule has 2 N–H and O–H groups in total. The SMILES string of the molecule is CC(C)C1CCCN1c1ccc(CCN)cc1. The van der Waals surface area contributed by atoms with E-state index in [1.165, 1.54) is 30.6 Å². The van der Waals surface area contributed by atoms with Crippen LogP contribution in [0.1, 0.15) is 32.3 Å². The van der Waals surface area contributed by atoms with Crippen molar-refractivity contribution in [3.63, 3.8) is 0 Å². The van der Waals surface area contributed by atoms with E-state index in [4.69, 9.17) is 5.73 Å². The van der Waals surface area contributed by atoms with E-state index in [9.17, 15) is 0 Å². The van der Waals surface area contributed by atoms with E-state index in [-0.39, 0.29) is 0 Å². The maximum atomic E-state index is 5.57. The van der Waals surface area contributed by atoms with Crippen LogP contribution in [0.15, 0.2) is 24.3 Å². The highest BCUT2D eigenvalue weighted by Crippen LogP contribution is 2.29. The maximum absolute atomic E-state index is 5.57. The zero-order valence-electron chi connectivity index (χ0n) is 11.0. The number of benzene rings is 1. The largest absolute Gasteiger partial charge is 0.368 e. The fraction of sp³-hybridized carbons (Fsp3) is 0.600. The van der Waals surface area contributed by atoms with E-state index >= 15 is 0 Å². The van der Waals surface area contributed by atoms with Crippen LogP contribution in [0.2, 0.25) is 0 Å². The van der Waals surface area contributed by atoms with Crippen molar-refractivity contribution >= 4 is 5.69 Å². The highest BCUT2D eigenvalue weighted by molar-refractivity contribution is 5.49. The minimum absolute atomic E-state index is 0.718. The van der Waals surface area contributed by atoms with Crippen molar-refractivity contribution in [2.24, 2.45) is 11.7 Å². The molecule has 1 aromatic carbocycles. The Kier molecular flexibility index (Phi) is 4.06. The molecule has 0 radical (unpaired) electrons. The van der Waals surface area contributed by atoms with Crippen LogP contribution in [-0.2, 0) is 6.42 Å².